The molecule has 5 rings (SSSR count). The zero-order chi connectivity index (χ0) is 21.9. The number of nitrogens with one attached hydrogen (secondary N) is 1. The molecule has 0 aliphatic carbocycles. The molecule has 32 heavy (non-hydrogen) atoms. The van der Waals surface area contributed by atoms with Crippen LogP contribution in [0.1, 0.15) is 11.1 Å². The number of hydrogen-bond donors (Lipinski definition) is 1. The lowest BCUT2D eigenvalue weighted by Gasteiger charge is -2.08. The number of aromatic nitrogens is 1. The second kappa shape index (κ2) is 8.93. The van der Waals surface area contributed by atoms with Crippen molar-refractivity contribution in [3.8, 4) is 0 Å². The van der Waals surface area contributed by atoms with Crippen molar-refractivity contribution in [3.63, 3.8) is 0 Å². The van der Waals surface area contributed by atoms with E-state index in [1.165, 1.54) is 22.0 Å². The molecule has 0 spiro atoms. The van der Waals surface area contributed by atoms with Crippen LogP contribution in [0.15, 0.2) is 102 Å². The fourth-order valence-electron chi connectivity index (χ4n) is 4.01. The zero-order valence-electron chi connectivity index (χ0n) is 17.9. The van der Waals surface area contributed by atoms with E-state index in [-0.39, 0.29) is 5.91 Å². The number of nitrogens with zero attached hydrogens (tertiary/aromatic N) is 1. The molecule has 158 valence electrons. The number of para-hydroxylation sites is 1. The van der Waals surface area contributed by atoms with Gasteiger partial charge in [-0.2, -0.15) is 0 Å². The van der Waals surface area contributed by atoms with Crippen LogP contribution in [-0.4, -0.2) is 16.2 Å². The van der Waals surface area contributed by atoms with E-state index in [9.17, 15) is 4.79 Å². The van der Waals surface area contributed by atoms with Crippen molar-refractivity contribution in [2.45, 2.75) is 18.4 Å². The summed E-state index contributed by atoms with van der Waals surface area (Å²) in [4.78, 5) is 13.9. The molecule has 0 aliphatic heterocycles. The first-order valence-corrected chi connectivity index (χ1v) is 11.7. The van der Waals surface area contributed by atoms with Crippen molar-refractivity contribution in [1.29, 1.82) is 0 Å². The molecule has 1 N–H and O–H groups in total. The van der Waals surface area contributed by atoms with Crippen LogP contribution in [0, 0.1) is 6.92 Å². The topological polar surface area (TPSA) is 34.0 Å². The zero-order valence-corrected chi connectivity index (χ0v) is 18.7. The summed E-state index contributed by atoms with van der Waals surface area (Å²) in [5.41, 5.74) is 4.57. The van der Waals surface area contributed by atoms with Crippen LogP contribution in [-0.2, 0) is 11.3 Å². The molecule has 3 nitrogen and oxygen atoms in total. The van der Waals surface area contributed by atoms with Crippen LogP contribution >= 0.6 is 11.8 Å². The molecular formula is C28H24N2OS. The van der Waals surface area contributed by atoms with Gasteiger partial charge in [-0.3, -0.25) is 4.79 Å². The van der Waals surface area contributed by atoms with Gasteiger partial charge < -0.3 is 9.88 Å². The van der Waals surface area contributed by atoms with Crippen LogP contribution in [0.25, 0.3) is 21.7 Å². The van der Waals surface area contributed by atoms with Gasteiger partial charge in [0.25, 0.3) is 0 Å². The molecule has 0 aliphatic rings. The number of anilines is 1. The summed E-state index contributed by atoms with van der Waals surface area (Å²) < 4.78 is 2.27. The van der Waals surface area contributed by atoms with Gasteiger partial charge in [0.05, 0.1) is 5.75 Å². The molecule has 4 heteroatoms. The standard InChI is InChI=1S/C28H24N2OS/c1-20-13-15-21(16-14-20)17-30-18-27(24-10-4-5-12-26(24)30)32-19-28(31)29-25-11-6-8-22-7-2-3-9-23(22)25/h2-16,18H,17,19H2,1H3,(H,29,31). The molecular weight excluding hydrogens is 412 g/mol. The Balaban J connectivity index is 1.34. The third-order valence-electron chi connectivity index (χ3n) is 5.65. The lowest BCUT2D eigenvalue weighted by molar-refractivity contribution is -0.113. The number of rotatable bonds is 6. The van der Waals surface area contributed by atoms with Gasteiger partial charge in [0.1, 0.15) is 0 Å². The second-order valence-electron chi connectivity index (χ2n) is 7.99. The first-order valence-electron chi connectivity index (χ1n) is 10.7. The average Bonchev–Trinajstić information content (AvgIpc) is 3.17. The normalized spacial score (nSPS) is 11.2. The second-order valence-corrected chi connectivity index (χ2v) is 9.00. The van der Waals surface area contributed by atoms with E-state index >= 15 is 0 Å². The number of aryl methyl sites for hydroxylation is 1. The number of amides is 1. The minimum absolute atomic E-state index is 0.00159. The van der Waals surface area contributed by atoms with Crippen LogP contribution in [0.4, 0.5) is 5.69 Å². The summed E-state index contributed by atoms with van der Waals surface area (Å²) >= 11 is 1.58. The predicted molar refractivity (Wildman–Crippen MR) is 136 cm³/mol. The molecule has 0 saturated heterocycles. The van der Waals surface area contributed by atoms with E-state index in [0.29, 0.717) is 5.75 Å². The minimum Gasteiger partial charge on any atom is -0.342 e. The fourth-order valence-corrected chi connectivity index (χ4v) is 4.90. The van der Waals surface area contributed by atoms with Gasteiger partial charge in [-0.15, -0.1) is 11.8 Å². The van der Waals surface area contributed by atoms with Crippen molar-refractivity contribution in [2.24, 2.45) is 0 Å². The van der Waals surface area contributed by atoms with E-state index in [1.54, 1.807) is 11.8 Å². The summed E-state index contributed by atoms with van der Waals surface area (Å²) in [7, 11) is 0. The highest BCUT2D eigenvalue weighted by Gasteiger charge is 2.12. The number of hydrogen-bond acceptors (Lipinski definition) is 2. The fraction of sp³-hybridized carbons (Fsp3) is 0.107. The largest absolute Gasteiger partial charge is 0.342 e. The average molecular weight is 437 g/mol. The molecule has 5 aromatic rings. The van der Waals surface area contributed by atoms with E-state index in [1.807, 2.05) is 30.3 Å². The van der Waals surface area contributed by atoms with E-state index < -0.39 is 0 Å². The van der Waals surface area contributed by atoms with Gasteiger partial charge in [-0.1, -0.05) is 84.4 Å². The smallest absolute Gasteiger partial charge is 0.234 e. The Labute approximate surface area is 192 Å². The SMILES string of the molecule is Cc1ccc(Cn2cc(SCC(=O)Nc3cccc4ccccc34)c3ccccc32)cc1. The Morgan fingerprint density at radius 3 is 2.41 bits per heavy atom. The number of fused-ring (bicyclic) bond motifs is 2. The first kappa shape index (κ1) is 20.4. The highest BCUT2D eigenvalue weighted by Crippen LogP contribution is 2.31. The highest BCUT2D eigenvalue weighted by atomic mass is 32.2. The highest BCUT2D eigenvalue weighted by molar-refractivity contribution is 8.00. The Morgan fingerprint density at radius 2 is 1.56 bits per heavy atom. The number of carbonyl (C=O) groups is 1. The summed E-state index contributed by atoms with van der Waals surface area (Å²) in [5.74, 6) is 0.364. The summed E-state index contributed by atoms with van der Waals surface area (Å²) in [5, 5.41) is 6.45. The molecule has 1 amide bonds. The predicted octanol–water partition coefficient (Wildman–Crippen LogP) is 6.88. The summed E-state index contributed by atoms with van der Waals surface area (Å²) in [6, 6.07) is 31.1. The van der Waals surface area contributed by atoms with Crippen molar-refractivity contribution in [3.05, 3.63) is 108 Å². The molecule has 0 unspecified atom stereocenters. The van der Waals surface area contributed by atoms with Crippen molar-refractivity contribution >= 4 is 45.0 Å². The number of carbonyl (C=O) groups excluding carboxylic acids is 1. The lowest BCUT2D eigenvalue weighted by Crippen LogP contribution is -2.14. The molecule has 0 radical (unpaired) electrons. The number of thioether (sulfide) groups is 1. The first-order chi connectivity index (χ1) is 15.7. The molecule has 1 aromatic heterocycles. The molecule has 0 bridgehead atoms. The molecule has 1 heterocycles. The Hall–Kier alpha value is -3.50. The molecule has 0 atom stereocenters. The third kappa shape index (κ3) is 4.27. The van der Waals surface area contributed by atoms with Gasteiger partial charge >= 0.3 is 0 Å². The maximum absolute atomic E-state index is 12.8. The van der Waals surface area contributed by atoms with Gasteiger partial charge in [0.15, 0.2) is 0 Å². The van der Waals surface area contributed by atoms with Crippen molar-refractivity contribution in [2.75, 3.05) is 11.1 Å². The number of benzene rings is 4. The van der Waals surface area contributed by atoms with Gasteiger partial charge in [0, 0.05) is 39.6 Å². The molecule has 4 aromatic carbocycles. The summed E-state index contributed by atoms with van der Waals surface area (Å²) in [6.45, 7) is 2.91. The quantitative estimate of drug-likeness (QED) is 0.294. The Bertz CT molecular complexity index is 1400. The van der Waals surface area contributed by atoms with E-state index in [0.717, 1.165) is 27.9 Å². The summed E-state index contributed by atoms with van der Waals surface area (Å²) in [6.07, 6.45) is 2.17. The van der Waals surface area contributed by atoms with Crippen LogP contribution in [0.5, 0.6) is 0 Å². The maximum Gasteiger partial charge on any atom is 0.234 e. The van der Waals surface area contributed by atoms with Gasteiger partial charge in [-0.25, -0.2) is 0 Å². The third-order valence-corrected chi connectivity index (χ3v) is 6.69. The maximum atomic E-state index is 12.8. The minimum atomic E-state index is 0.00159. The monoisotopic (exact) mass is 436 g/mol. The van der Waals surface area contributed by atoms with Crippen LogP contribution in [0.3, 0.4) is 0 Å². The molecule has 0 saturated carbocycles. The Morgan fingerprint density at radius 1 is 0.844 bits per heavy atom. The van der Waals surface area contributed by atoms with Crippen LogP contribution in [0.2, 0.25) is 0 Å². The van der Waals surface area contributed by atoms with Crippen LogP contribution < -0.4 is 5.32 Å². The van der Waals surface area contributed by atoms with E-state index in [2.05, 4.69) is 83.7 Å². The molecule has 0 fully saturated rings. The lowest BCUT2D eigenvalue weighted by atomic mass is 10.1. The Kier molecular flexibility index (Phi) is 5.70. The van der Waals surface area contributed by atoms with Gasteiger partial charge in [0.2, 0.25) is 5.91 Å². The van der Waals surface area contributed by atoms with Crippen molar-refractivity contribution in [1.82, 2.24) is 4.57 Å². The van der Waals surface area contributed by atoms with E-state index in [4.69, 9.17) is 0 Å². The van der Waals surface area contributed by atoms with Gasteiger partial charge in [-0.05, 0) is 30.0 Å². The van der Waals surface area contributed by atoms with Crippen molar-refractivity contribution < 1.29 is 4.79 Å².